The first kappa shape index (κ1) is 31.8. The molecule has 122 valence electrons. The summed E-state index contributed by atoms with van der Waals surface area (Å²) >= 11 is 0. The van der Waals surface area contributed by atoms with Crippen molar-refractivity contribution in [2.45, 2.75) is 36.8 Å². The Hall–Kier alpha value is 1.06. The van der Waals surface area contributed by atoms with Crippen molar-refractivity contribution in [1.29, 1.82) is 0 Å². The van der Waals surface area contributed by atoms with E-state index in [1.54, 1.807) is 0 Å². The third-order valence-corrected chi connectivity index (χ3v) is 2.86. The second kappa shape index (κ2) is 13.3. The minimum absolute atomic E-state index is 0. The predicted molar refractivity (Wildman–Crippen MR) is 73.1 cm³/mol. The van der Waals surface area contributed by atoms with Gasteiger partial charge in [-0.05, 0) is 0 Å². The van der Waals surface area contributed by atoms with Crippen molar-refractivity contribution in [2.24, 2.45) is 11.5 Å². The van der Waals surface area contributed by atoms with Crippen molar-refractivity contribution >= 4 is 61.6 Å². The van der Waals surface area contributed by atoms with Gasteiger partial charge in [0.2, 0.25) is 0 Å². The maximum absolute atomic E-state index is 10.8. The van der Waals surface area contributed by atoms with Crippen LogP contribution in [0, 0.1) is 0 Å². The first-order valence-electron chi connectivity index (χ1n) is 5.37. The Morgan fingerprint density at radius 1 is 0.652 bits per heavy atom. The first-order valence-corrected chi connectivity index (χ1v) is 5.37. The summed E-state index contributed by atoms with van der Waals surface area (Å²) in [6, 6.07) is 0. The summed E-state index contributed by atoms with van der Waals surface area (Å²) < 4.78 is 0. The van der Waals surface area contributed by atoms with E-state index in [1.807, 2.05) is 0 Å². The van der Waals surface area contributed by atoms with Crippen LogP contribution in [0.15, 0.2) is 0 Å². The quantitative estimate of drug-likeness (QED) is 0.208. The third kappa shape index (κ3) is 11.3. The van der Waals surface area contributed by atoms with Gasteiger partial charge in [-0.1, -0.05) is 0 Å². The molecule has 0 saturated carbocycles. The normalized spacial score (nSPS) is 10.3. The molecule has 0 aliphatic carbocycles. The largest absolute Gasteiger partial charge is 2.00 e. The van der Waals surface area contributed by atoms with E-state index in [-0.39, 0.29) is 103 Å². The molecule has 0 aromatic rings. The molecule has 0 atom stereocenters. The molecule has 0 bridgehead atoms. The van der Waals surface area contributed by atoms with Crippen LogP contribution in [0.1, 0.15) is 31.4 Å². The predicted octanol–water partition coefficient (Wildman–Crippen LogP) is -7.64. The van der Waals surface area contributed by atoms with Crippen LogP contribution in [-0.4, -0.2) is 93.1 Å². The molecule has 8 N–H and O–H groups in total. The molecule has 0 amide bonds. The standard InChI is InChI=1S/C10H16N2O8.Ca.2Na.4H/c11-9(1-5(13)14,2-6(15)16)10(12,3-7(17)18)4-8(19)20;;;;;;;/h1-4,11-12H2,(H,13,14)(H,15,16)(H,17,18)(H,19,20);;;;;;;/q;+2;2*+1;4*-1. The zero-order chi connectivity index (χ0) is 16.1. The molecule has 0 fully saturated rings. The zero-order valence-corrected chi connectivity index (χ0v) is 19.3. The zero-order valence-electron chi connectivity index (χ0n) is 17.1. The van der Waals surface area contributed by atoms with Crippen LogP contribution in [-0.2, 0) is 19.2 Å². The second-order valence-corrected chi connectivity index (χ2v) is 4.59. The van der Waals surface area contributed by atoms with E-state index in [2.05, 4.69) is 0 Å². The second-order valence-electron chi connectivity index (χ2n) is 4.59. The molecule has 0 spiro atoms. The molecule has 0 aliphatic rings. The number of nitrogens with two attached hydrogens (primary N) is 2. The first-order chi connectivity index (χ1) is 8.92. The minimum atomic E-state index is -2.22. The maximum atomic E-state index is 10.8. The Kier molecular flexibility index (Phi) is 18.4. The SMILES string of the molecule is NC(CC(=O)O)(CC(=O)O)C(N)(CC(=O)O)CC(=O)O.[Ca+2].[H-].[H-].[H-].[H-].[Na+].[Na+]. The van der Waals surface area contributed by atoms with Gasteiger partial charge in [-0.2, -0.15) is 0 Å². The molecular weight excluding hydrogens is 362 g/mol. The number of rotatable bonds is 9. The van der Waals surface area contributed by atoms with Crippen LogP contribution in [0.3, 0.4) is 0 Å². The average molecular weight is 382 g/mol. The van der Waals surface area contributed by atoms with Crippen LogP contribution in [0.2, 0.25) is 0 Å². The van der Waals surface area contributed by atoms with Crippen molar-refractivity contribution in [3.8, 4) is 0 Å². The van der Waals surface area contributed by atoms with Gasteiger partial charge in [0.1, 0.15) is 0 Å². The molecule has 0 saturated heterocycles. The van der Waals surface area contributed by atoms with Crippen LogP contribution >= 0.6 is 0 Å². The van der Waals surface area contributed by atoms with Crippen molar-refractivity contribution in [3.05, 3.63) is 0 Å². The number of carboxylic acids is 4. The molecule has 0 radical (unpaired) electrons. The Morgan fingerprint density at radius 2 is 0.783 bits per heavy atom. The van der Waals surface area contributed by atoms with Gasteiger partial charge >= 0.3 is 121 Å². The number of hydrogen-bond donors (Lipinski definition) is 6. The van der Waals surface area contributed by atoms with Gasteiger partial charge in [0.25, 0.3) is 0 Å². The molecule has 10 nitrogen and oxygen atoms in total. The van der Waals surface area contributed by atoms with E-state index in [9.17, 15) is 19.2 Å². The van der Waals surface area contributed by atoms with Crippen LogP contribution in [0.5, 0.6) is 0 Å². The van der Waals surface area contributed by atoms with E-state index in [1.165, 1.54) is 0 Å². The van der Waals surface area contributed by atoms with E-state index in [0.717, 1.165) is 0 Å². The van der Waals surface area contributed by atoms with Gasteiger partial charge in [-0.25, -0.2) is 0 Å². The topological polar surface area (TPSA) is 201 Å². The summed E-state index contributed by atoms with van der Waals surface area (Å²) in [5.41, 5.74) is 6.88. The molecule has 0 heterocycles. The van der Waals surface area contributed by atoms with Gasteiger partial charge in [0.15, 0.2) is 0 Å². The number of hydrogen-bond acceptors (Lipinski definition) is 6. The number of carbonyl (C=O) groups is 4. The molecular formula is C10H20CaN2Na2O8. The van der Waals surface area contributed by atoms with Crippen LogP contribution < -0.4 is 70.6 Å². The van der Waals surface area contributed by atoms with E-state index in [4.69, 9.17) is 31.9 Å². The summed E-state index contributed by atoms with van der Waals surface area (Å²) in [4.78, 5) is 43.2. The van der Waals surface area contributed by atoms with E-state index >= 15 is 0 Å². The molecule has 0 aromatic carbocycles. The molecule has 0 rings (SSSR count). The van der Waals surface area contributed by atoms with Crippen molar-refractivity contribution < 1.29 is 104 Å². The summed E-state index contributed by atoms with van der Waals surface area (Å²) in [5, 5.41) is 35.1. The molecule has 13 heteroatoms. The third-order valence-electron chi connectivity index (χ3n) is 2.86. The molecule has 0 unspecified atom stereocenters. The summed E-state index contributed by atoms with van der Waals surface area (Å²) in [5.74, 6) is -6.06. The van der Waals surface area contributed by atoms with Crippen molar-refractivity contribution in [2.75, 3.05) is 0 Å². The van der Waals surface area contributed by atoms with E-state index in [0.29, 0.717) is 0 Å². The smallest absolute Gasteiger partial charge is 1.00 e. The Balaban J connectivity index is -0.0000000860. The van der Waals surface area contributed by atoms with Gasteiger partial charge in [-0.3, -0.25) is 19.2 Å². The Morgan fingerprint density at radius 3 is 0.870 bits per heavy atom. The van der Waals surface area contributed by atoms with Gasteiger partial charge in [-0.15, -0.1) is 0 Å². The fraction of sp³-hybridized carbons (Fsp3) is 0.600. The van der Waals surface area contributed by atoms with Crippen molar-refractivity contribution in [3.63, 3.8) is 0 Å². The van der Waals surface area contributed by atoms with Gasteiger partial charge in [0, 0.05) is 0 Å². The molecule has 0 aliphatic heterocycles. The fourth-order valence-corrected chi connectivity index (χ4v) is 1.91. The number of aliphatic carboxylic acids is 4. The summed E-state index contributed by atoms with van der Waals surface area (Å²) in [6.07, 6.45) is -3.90. The van der Waals surface area contributed by atoms with E-state index < -0.39 is 60.6 Å². The molecule has 23 heavy (non-hydrogen) atoms. The average Bonchev–Trinajstić information content (AvgIpc) is 2.10. The number of carboxylic acid groups (broad SMARTS) is 4. The van der Waals surface area contributed by atoms with Gasteiger partial charge in [0.05, 0.1) is 36.8 Å². The minimum Gasteiger partial charge on any atom is -1.00 e. The molecule has 0 aromatic heterocycles. The summed E-state index contributed by atoms with van der Waals surface area (Å²) in [6.45, 7) is 0. The Labute approximate surface area is 211 Å². The fourth-order valence-electron chi connectivity index (χ4n) is 1.91. The Bertz CT molecular complexity index is 393. The monoisotopic (exact) mass is 382 g/mol. The van der Waals surface area contributed by atoms with Gasteiger partial charge < -0.3 is 37.6 Å². The van der Waals surface area contributed by atoms with Crippen LogP contribution in [0.4, 0.5) is 0 Å². The maximum Gasteiger partial charge on any atom is 2.00 e. The summed E-state index contributed by atoms with van der Waals surface area (Å²) in [7, 11) is 0. The van der Waals surface area contributed by atoms with Crippen LogP contribution in [0.25, 0.3) is 0 Å². The van der Waals surface area contributed by atoms with Crippen molar-refractivity contribution in [1.82, 2.24) is 0 Å².